The first kappa shape index (κ1) is 29.3. The monoisotopic (exact) mass is 650 g/mol. The highest BCUT2D eigenvalue weighted by molar-refractivity contribution is 6.10. The van der Waals surface area contributed by atoms with E-state index < -0.39 is 0 Å². The lowest BCUT2D eigenvalue weighted by molar-refractivity contribution is 1.18. The minimum atomic E-state index is 0.987. The van der Waals surface area contributed by atoms with Crippen LogP contribution >= 0.6 is 0 Å². The van der Waals surface area contributed by atoms with Gasteiger partial charge in [-0.15, -0.1) is 0 Å². The van der Waals surface area contributed by atoms with E-state index >= 15 is 0 Å². The summed E-state index contributed by atoms with van der Waals surface area (Å²) in [6, 6.07) is 70.6. The third kappa shape index (κ3) is 5.04. The zero-order valence-electron chi connectivity index (χ0n) is 28.1. The highest BCUT2D eigenvalue weighted by atomic mass is 15.1. The molecule has 9 aromatic rings. The predicted molar refractivity (Wildman–Crippen MR) is 215 cm³/mol. The average molecular weight is 651 g/mol. The standard InChI is InChI=1S/C49H34N2/c1-3-11-34(12-4-1)35-19-25-41(26-20-35)50(43-29-23-39-31-38-13-7-8-16-44(38)46(39)33-43)42-27-21-36(22-28-42)37-24-30-49-47(32-37)45-17-9-10-18-48(45)51(49)40-14-5-2-6-15-40/h1-30,32-33H,31H2. The lowest BCUT2D eigenvalue weighted by atomic mass is 10.0. The fourth-order valence-electron chi connectivity index (χ4n) is 7.94. The van der Waals surface area contributed by atoms with Crippen molar-refractivity contribution in [1.29, 1.82) is 0 Å². The van der Waals surface area contributed by atoms with E-state index in [1.54, 1.807) is 0 Å². The number of hydrogen-bond acceptors (Lipinski definition) is 1. The Labute approximate surface area is 298 Å². The average Bonchev–Trinajstić information content (AvgIpc) is 3.74. The van der Waals surface area contributed by atoms with Gasteiger partial charge in [-0.3, -0.25) is 0 Å². The summed E-state index contributed by atoms with van der Waals surface area (Å²) in [5, 5.41) is 2.52. The molecule has 2 heteroatoms. The Bertz CT molecular complexity index is 2690. The van der Waals surface area contributed by atoms with Crippen molar-refractivity contribution in [1.82, 2.24) is 4.57 Å². The van der Waals surface area contributed by atoms with Gasteiger partial charge in [-0.25, -0.2) is 0 Å². The van der Waals surface area contributed by atoms with E-state index in [1.165, 1.54) is 72.0 Å². The summed E-state index contributed by atoms with van der Waals surface area (Å²) < 4.78 is 2.37. The highest BCUT2D eigenvalue weighted by Crippen LogP contribution is 2.43. The smallest absolute Gasteiger partial charge is 0.0541 e. The molecule has 51 heavy (non-hydrogen) atoms. The van der Waals surface area contributed by atoms with Gasteiger partial charge in [-0.1, -0.05) is 127 Å². The summed E-state index contributed by atoms with van der Waals surface area (Å²) in [6.45, 7) is 0. The van der Waals surface area contributed by atoms with Crippen molar-refractivity contribution in [2.24, 2.45) is 0 Å². The number of aromatic nitrogens is 1. The van der Waals surface area contributed by atoms with Crippen LogP contribution in [0, 0.1) is 0 Å². The third-order valence-corrected chi connectivity index (χ3v) is 10.4. The van der Waals surface area contributed by atoms with Gasteiger partial charge >= 0.3 is 0 Å². The van der Waals surface area contributed by atoms with Crippen LogP contribution in [0.3, 0.4) is 0 Å². The Hall–Kier alpha value is -6.64. The predicted octanol–water partition coefficient (Wildman–Crippen LogP) is 13.2. The van der Waals surface area contributed by atoms with E-state index in [2.05, 4.69) is 204 Å². The van der Waals surface area contributed by atoms with Crippen molar-refractivity contribution in [3.05, 3.63) is 205 Å². The van der Waals surface area contributed by atoms with Gasteiger partial charge in [0.15, 0.2) is 0 Å². The van der Waals surface area contributed by atoms with Crippen LogP contribution in [-0.2, 0) is 6.42 Å². The quantitative estimate of drug-likeness (QED) is 0.174. The van der Waals surface area contributed by atoms with Gasteiger partial charge in [0.25, 0.3) is 0 Å². The van der Waals surface area contributed by atoms with Gasteiger partial charge < -0.3 is 9.47 Å². The van der Waals surface area contributed by atoms with E-state index in [9.17, 15) is 0 Å². The molecule has 0 spiro atoms. The van der Waals surface area contributed by atoms with Gasteiger partial charge in [0.1, 0.15) is 0 Å². The Kier molecular flexibility index (Phi) is 6.92. The molecule has 10 rings (SSSR count). The van der Waals surface area contributed by atoms with Crippen molar-refractivity contribution in [2.45, 2.75) is 6.42 Å². The van der Waals surface area contributed by atoms with Crippen LogP contribution in [-0.4, -0.2) is 4.57 Å². The summed E-state index contributed by atoms with van der Waals surface area (Å²) in [4.78, 5) is 2.39. The fourth-order valence-corrected chi connectivity index (χ4v) is 7.94. The molecule has 2 nitrogen and oxygen atoms in total. The van der Waals surface area contributed by atoms with Gasteiger partial charge in [0, 0.05) is 33.5 Å². The molecule has 0 N–H and O–H groups in total. The van der Waals surface area contributed by atoms with Crippen LogP contribution in [0.4, 0.5) is 17.1 Å². The minimum absolute atomic E-state index is 0.987. The Morgan fingerprint density at radius 2 is 0.902 bits per heavy atom. The zero-order valence-corrected chi connectivity index (χ0v) is 28.1. The summed E-state index contributed by atoms with van der Waals surface area (Å²) in [5.41, 5.74) is 17.3. The van der Waals surface area contributed by atoms with Crippen LogP contribution in [0.2, 0.25) is 0 Å². The molecule has 8 aromatic carbocycles. The summed E-state index contributed by atoms with van der Waals surface area (Å²) in [6.07, 6.45) is 0.987. The van der Waals surface area contributed by atoms with E-state index in [1.807, 2.05) is 0 Å². The molecule has 1 heterocycles. The van der Waals surface area contributed by atoms with E-state index in [4.69, 9.17) is 0 Å². The van der Waals surface area contributed by atoms with Crippen LogP contribution in [0.1, 0.15) is 11.1 Å². The molecule has 0 amide bonds. The minimum Gasteiger partial charge on any atom is -0.310 e. The molecule has 1 aliphatic carbocycles. The number of anilines is 3. The highest BCUT2D eigenvalue weighted by Gasteiger charge is 2.21. The largest absolute Gasteiger partial charge is 0.310 e. The topological polar surface area (TPSA) is 8.17 Å². The lowest BCUT2D eigenvalue weighted by Crippen LogP contribution is -2.10. The molecular formula is C49H34N2. The molecule has 0 atom stereocenters. The maximum absolute atomic E-state index is 2.39. The second kappa shape index (κ2) is 12.0. The van der Waals surface area contributed by atoms with Crippen LogP contribution < -0.4 is 4.90 Å². The molecule has 0 unspecified atom stereocenters. The summed E-state index contributed by atoms with van der Waals surface area (Å²) in [7, 11) is 0. The first-order valence-electron chi connectivity index (χ1n) is 17.6. The Balaban J connectivity index is 1.06. The van der Waals surface area contributed by atoms with Crippen LogP contribution in [0.5, 0.6) is 0 Å². The molecule has 0 aliphatic heterocycles. The number of nitrogens with zero attached hydrogens (tertiary/aromatic N) is 2. The number of para-hydroxylation sites is 2. The molecular weight excluding hydrogens is 617 g/mol. The van der Waals surface area contributed by atoms with E-state index in [0.29, 0.717) is 0 Å². The maximum Gasteiger partial charge on any atom is 0.0541 e. The second-order valence-electron chi connectivity index (χ2n) is 13.4. The SMILES string of the molecule is c1ccc(-c2ccc(N(c3ccc(-c4ccc5c(c4)c4ccccc4n5-c4ccccc4)cc3)c3ccc4c(c3)-c3ccccc3C4)cc2)cc1. The molecule has 1 aromatic heterocycles. The van der Waals surface area contributed by atoms with Gasteiger partial charge in [-0.2, -0.15) is 0 Å². The number of fused-ring (bicyclic) bond motifs is 6. The molecule has 240 valence electrons. The Morgan fingerprint density at radius 1 is 0.353 bits per heavy atom. The first-order valence-corrected chi connectivity index (χ1v) is 17.6. The number of hydrogen-bond donors (Lipinski definition) is 0. The van der Waals surface area contributed by atoms with Crippen molar-refractivity contribution >= 4 is 38.9 Å². The van der Waals surface area contributed by atoms with E-state index in [0.717, 1.165) is 23.5 Å². The molecule has 0 bridgehead atoms. The Morgan fingerprint density at radius 3 is 1.67 bits per heavy atom. The van der Waals surface area contributed by atoms with E-state index in [-0.39, 0.29) is 0 Å². The molecule has 0 fully saturated rings. The molecule has 0 radical (unpaired) electrons. The van der Waals surface area contributed by atoms with Crippen molar-refractivity contribution < 1.29 is 0 Å². The third-order valence-electron chi connectivity index (χ3n) is 10.4. The van der Waals surface area contributed by atoms with Crippen LogP contribution in [0.15, 0.2) is 194 Å². The number of benzene rings is 8. The normalized spacial score (nSPS) is 11.8. The fraction of sp³-hybridized carbons (Fsp3) is 0.0204. The lowest BCUT2D eigenvalue weighted by Gasteiger charge is -2.26. The molecule has 0 saturated heterocycles. The van der Waals surface area contributed by atoms with Gasteiger partial charge in [-0.05, 0) is 118 Å². The maximum atomic E-state index is 2.39. The molecule has 0 saturated carbocycles. The summed E-state index contributed by atoms with van der Waals surface area (Å²) >= 11 is 0. The van der Waals surface area contributed by atoms with Gasteiger partial charge in [0.05, 0.1) is 11.0 Å². The van der Waals surface area contributed by atoms with Crippen molar-refractivity contribution in [3.63, 3.8) is 0 Å². The number of rotatable bonds is 6. The van der Waals surface area contributed by atoms with Crippen molar-refractivity contribution in [3.8, 4) is 39.1 Å². The second-order valence-corrected chi connectivity index (χ2v) is 13.4. The zero-order chi connectivity index (χ0) is 33.7. The first-order chi connectivity index (χ1) is 25.3. The van der Waals surface area contributed by atoms with Crippen molar-refractivity contribution in [2.75, 3.05) is 4.90 Å². The van der Waals surface area contributed by atoms with Gasteiger partial charge in [0.2, 0.25) is 0 Å². The van der Waals surface area contributed by atoms with Crippen LogP contribution in [0.25, 0.3) is 60.9 Å². The molecule has 1 aliphatic rings. The summed E-state index contributed by atoms with van der Waals surface area (Å²) in [5.74, 6) is 0.